The first-order valence-corrected chi connectivity index (χ1v) is 8.85. The van der Waals surface area contributed by atoms with Crippen molar-refractivity contribution < 1.29 is 22.4 Å². The number of fused-ring (bicyclic) bond motifs is 1. The lowest BCUT2D eigenvalue weighted by atomic mass is 10.1. The lowest BCUT2D eigenvalue weighted by Gasteiger charge is -2.12. The SMILES string of the molecule is Nc1ncnc2[nH]cc(-c3ccc(NC(=O)Nc4cc(C(F)(F)F)ccc4F)cc3)c12. The van der Waals surface area contributed by atoms with E-state index in [4.69, 9.17) is 5.73 Å². The van der Waals surface area contributed by atoms with E-state index in [0.717, 1.165) is 11.1 Å². The first kappa shape index (κ1) is 20.1. The Hall–Kier alpha value is -4.15. The van der Waals surface area contributed by atoms with Gasteiger partial charge in [-0.05, 0) is 35.9 Å². The van der Waals surface area contributed by atoms with Crippen molar-refractivity contribution in [2.24, 2.45) is 0 Å². The highest BCUT2D eigenvalue weighted by Crippen LogP contribution is 2.33. The Kier molecular flexibility index (Phi) is 4.93. The van der Waals surface area contributed by atoms with Crippen LogP contribution in [0.4, 0.5) is 39.5 Å². The molecule has 0 atom stereocenters. The number of urea groups is 1. The molecule has 0 spiro atoms. The number of H-pyrrole nitrogens is 1. The number of nitrogens with one attached hydrogen (secondary N) is 3. The molecule has 7 nitrogen and oxygen atoms in total. The third-order valence-electron chi connectivity index (χ3n) is 4.49. The molecule has 0 aliphatic rings. The number of hydrogen-bond acceptors (Lipinski definition) is 4. The lowest BCUT2D eigenvalue weighted by Crippen LogP contribution is -2.20. The topological polar surface area (TPSA) is 109 Å². The predicted molar refractivity (Wildman–Crippen MR) is 108 cm³/mol. The highest BCUT2D eigenvalue weighted by molar-refractivity contribution is 6.01. The number of carbonyl (C=O) groups excluding carboxylic acids is 1. The molecule has 0 saturated heterocycles. The highest BCUT2D eigenvalue weighted by Gasteiger charge is 2.31. The first-order valence-electron chi connectivity index (χ1n) is 8.85. The molecule has 5 N–H and O–H groups in total. The molecule has 158 valence electrons. The summed E-state index contributed by atoms with van der Waals surface area (Å²) in [6.07, 6.45) is -1.59. The first-order chi connectivity index (χ1) is 14.7. The monoisotopic (exact) mass is 430 g/mol. The summed E-state index contributed by atoms with van der Waals surface area (Å²) in [6, 6.07) is 7.44. The molecular weight excluding hydrogens is 416 g/mol. The molecule has 2 heterocycles. The van der Waals surface area contributed by atoms with E-state index in [2.05, 4.69) is 25.6 Å². The van der Waals surface area contributed by atoms with Gasteiger partial charge in [0.1, 0.15) is 23.6 Å². The van der Waals surface area contributed by atoms with Gasteiger partial charge in [0.25, 0.3) is 0 Å². The summed E-state index contributed by atoms with van der Waals surface area (Å²) in [4.78, 5) is 23.2. The average Bonchev–Trinajstić information content (AvgIpc) is 3.15. The van der Waals surface area contributed by atoms with Crippen LogP contribution in [0.15, 0.2) is 55.0 Å². The van der Waals surface area contributed by atoms with Crippen molar-refractivity contribution in [2.45, 2.75) is 6.18 Å². The molecule has 0 fully saturated rings. The molecule has 0 radical (unpaired) electrons. The van der Waals surface area contributed by atoms with Gasteiger partial charge in [-0.25, -0.2) is 19.2 Å². The Morgan fingerprint density at radius 2 is 1.77 bits per heavy atom. The highest BCUT2D eigenvalue weighted by atomic mass is 19.4. The number of amides is 2. The van der Waals surface area contributed by atoms with E-state index in [0.29, 0.717) is 40.7 Å². The van der Waals surface area contributed by atoms with E-state index in [1.807, 2.05) is 0 Å². The lowest BCUT2D eigenvalue weighted by molar-refractivity contribution is -0.137. The number of benzene rings is 2. The summed E-state index contributed by atoms with van der Waals surface area (Å²) < 4.78 is 52.2. The Morgan fingerprint density at radius 1 is 1.03 bits per heavy atom. The van der Waals surface area contributed by atoms with Crippen LogP contribution in [0.5, 0.6) is 0 Å². The quantitative estimate of drug-likeness (QED) is 0.343. The average molecular weight is 430 g/mol. The smallest absolute Gasteiger partial charge is 0.383 e. The number of nitrogens with zero attached hydrogens (tertiary/aromatic N) is 2. The van der Waals surface area contributed by atoms with Crippen LogP contribution in [0.3, 0.4) is 0 Å². The van der Waals surface area contributed by atoms with E-state index in [-0.39, 0.29) is 0 Å². The Bertz CT molecular complexity index is 1270. The number of anilines is 3. The standard InChI is InChI=1S/C20H14F4N6O/c21-14-6-3-11(20(22,23)24)7-15(14)30-19(31)29-12-4-1-10(2-5-12)13-8-26-18-16(13)17(25)27-9-28-18/h1-9H,(H2,29,30,31)(H3,25,26,27,28). The van der Waals surface area contributed by atoms with E-state index >= 15 is 0 Å². The van der Waals surface area contributed by atoms with Crippen LogP contribution < -0.4 is 16.4 Å². The van der Waals surface area contributed by atoms with Crippen LogP contribution in [0.2, 0.25) is 0 Å². The van der Waals surface area contributed by atoms with E-state index in [1.54, 1.807) is 30.5 Å². The van der Waals surface area contributed by atoms with Crippen LogP contribution in [0, 0.1) is 5.82 Å². The zero-order valence-corrected chi connectivity index (χ0v) is 15.6. The van der Waals surface area contributed by atoms with Crippen LogP contribution in [-0.4, -0.2) is 21.0 Å². The molecule has 0 aliphatic carbocycles. The molecule has 2 amide bonds. The number of halogens is 4. The predicted octanol–water partition coefficient (Wildman–Crippen LogP) is 5.01. The molecular formula is C20H14F4N6O. The van der Waals surface area contributed by atoms with Crippen molar-refractivity contribution in [1.29, 1.82) is 0 Å². The Labute approximate surface area is 172 Å². The summed E-state index contributed by atoms with van der Waals surface area (Å²) in [6.45, 7) is 0. The molecule has 0 saturated carbocycles. The Balaban J connectivity index is 1.50. The molecule has 0 aliphatic heterocycles. The zero-order valence-electron chi connectivity index (χ0n) is 15.6. The fourth-order valence-electron chi connectivity index (χ4n) is 3.03. The minimum atomic E-state index is -4.66. The number of alkyl halides is 3. The maximum atomic E-state index is 13.8. The molecule has 2 aromatic carbocycles. The van der Waals surface area contributed by atoms with Crippen molar-refractivity contribution in [3.8, 4) is 11.1 Å². The maximum absolute atomic E-state index is 13.8. The summed E-state index contributed by atoms with van der Waals surface area (Å²) in [5, 5.41) is 5.18. The van der Waals surface area contributed by atoms with Gasteiger partial charge in [0, 0.05) is 17.4 Å². The van der Waals surface area contributed by atoms with Crippen LogP contribution in [0.25, 0.3) is 22.2 Å². The molecule has 4 aromatic rings. The number of carbonyl (C=O) groups is 1. The minimum absolute atomic E-state index is 0.311. The molecule has 4 rings (SSSR count). The van der Waals surface area contributed by atoms with Crippen LogP contribution in [-0.2, 0) is 6.18 Å². The normalized spacial score (nSPS) is 11.5. The van der Waals surface area contributed by atoms with Gasteiger partial charge in [-0.2, -0.15) is 13.2 Å². The summed E-state index contributed by atoms with van der Waals surface area (Å²) in [5.74, 6) is -0.677. The van der Waals surface area contributed by atoms with Gasteiger partial charge in [0.05, 0.1) is 16.6 Å². The van der Waals surface area contributed by atoms with Crippen molar-refractivity contribution >= 4 is 34.3 Å². The van der Waals surface area contributed by atoms with E-state index in [9.17, 15) is 22.4 Å². The van der Waals surface area contributed by atoms with Gasteiger partial charge in [-0.3, -0.25) is 0 Å². The largest absolute Gasteiger partial charge is 0.416 e. The second-order valence-corrected chi connectivity index (χ2v) is 6.53. The van der Waals surface area contributed by atoms with Crippen molar-refractivity contribution in [1.82, 2.24) is 15.0 Å². The molecule has 11 heteroatoms. The second-order valence-electron chi connectivity index (χ2n) is 6.53. The van der Waals surface area contributed by atoms with Crippen molar-refractivity contribution in [3.63, 3.8) is 0 Å². The van der Waals surface area contributed by atoms with Crippen molar-refractivity contribution in [3.05, 3.63) is 66.4 Å². The van der Waals surface area contributed by atoms with Gasteiger partial charge < -0.3 is 21.4 Å². The third kappa shape index (κ3) is 4.10. The van der Waals surface area contributed by atoms with E-state index < -0.39 is 29.3 Å². The Morgan fingerprint density at radius 3 is 2.48 bits per heavy atom. The maximum Gasteiger partial charge on any atom is 0.416 e. The number of hydrogen-bond donors (Lipinski definition) is 4. The molecule has 2 aromatic heterocycles. The van der Waals surface area contributed by atoms with E-state index in [1.165, 1.54) is 6.33 Å². The van der Waals surface area contributed by atoms with Crippen molar-refractivity contribution in [2.75, 3.05) is 16.4 Å². The number of aromatic amines is 1. The summed E-state index contributed by atoms with van der Waals surface area (Å²) in [5.41, 5.74) is 6.71. The molecule has 0 unspecified atom stereocenters. The number of nitrogen functional groups attached to an aromatic ring is 1. The summed E-state index contributed by atoms with van der Waals surface area (Å²) in [7, 11) is 0. The fourth-order valence-corrected chi connectivity index (χ4v) is 3.03. The van der Waals surface area contributed by atoms with Gasteiger partial charge in [0.2, 0.25) is 0 Å². The fraction of sp³-hybridized carbons (Fsp3) is 0.0500. The van der Waals surface area contributed by atoms with Gasteiger partial charge in [-0.1, -0.05) is 12.1 Å². The van der Waals surface area contributed by atoms with Gasteiger partial charge >= 0.3 is 12.2 Å². The zero-order chi connectivity index (χ0) is 22.2. The van der Waals surface area contributed by atoms with Gasteiger partial charge in [0.15, 0.2) is 0 Å². The van der Waals surface area contributed by atoms with Gasteiger partial charge in [-0.15, -0.1) is 0 Å². The summed E-state index contributed by atoms with van der Waals surface area (Å²) >= 11 is 0. The second kappa shape index (κ2) is 7.59. The van der Waals surface area contributed by atoms with Crippen LogP contribution in [0.1, 0.15) is 5.56 Å². The number of aromatic nitrogens is 3. The molecule has 31 heavy (non-hydrogen) atoms. The molecule has 0 bridgehead atoms. The number of rotatable bonds is 3. The third-order valence-corrected chi connectivity index (χ3v) is 4.49. The van der Waals surface area contributed by atoms with Crippen LogP contribution >= 0.6 is 0 Å². The minimum Gasteiger partial charge on any atom is -0.383 e. The number of nitrogens with two attached hydrogens (primary N) is 1.